The Labute approximate surface area is 174 Å². The van der Waals surface area contributed by atoms with Gasteiger partial charge in [0.05, 0.1) is 17.4 Å². The number of carbonyl (C=O) groups is 1. The van der Waals surface area contributed by atoms with Gasteiger partial charge in [0.1, 0.15) is 0 Å². The molecular weight excluding hydrogens is 384 g/mol. The molecule has 6 heteroatoms. The summed E-state index contributed by atoms with van der Waals surface area (Å²) in [5.41, 5.74) is 4.22. The standard InChI is InChI=1S/C23H30N2O3S/c1-17-7-8-18(2)22(15-17)19(3)24-23(26)16-20-9-11-21(12-10-20)29(27,28)25-13-5-4-6-14-25/h7-12,15,19H,4-6,13-14,16H2,1-3H3,(H,24,26). The SMILES string of the molecule is Cc1ccc(C)c(C(C)NC(=O)Cc2ccc(S(=O)(=O)N3CCCCC3)cc2)c1. The largest absolute Gasteiger partial charge is 0.349 e. The van der Waals surface area contributed by atoms with E-state index in [0.717, 1.165) is 41.5 Å². The molecule has 3 rings (SSSR count). The Morgan fingerprint density at radius 3 is 2.34 bits per heavy atom. The van der Waals surface area contributed by atoms with Gasteiger partial charge in [-0.25, -0.2) is 8.42 Å². The number of nitrogens with one attached hydrogen (secondary N) is 1. The molecule has 2 aromatic carbocycles. The Morgan fingerprint density at radius 2 is 1.69 bits per heavy atom. The first-order valence-corrected chi connectivity index (χ1v) is 11.7. The van der Waals surface area contributed by atoms with E-state index in [1.807, 2.05) is 20.8 Å². The molecule has 1 heterocycles. The highest BCUT2D eigenvalue weighted by Crippen LogP contribution is 2.22. The lowest BCUT2D eigenvalue weighted by molar-refractivity contribution is -0.121. The Balaban J connectivity index is 1.63. The number of hydrogen-bond donors (Lipinski definition) is 1. The van der Waals surface area contributed by atoms with Gasteiger partial charge in [0.15, 0.2) is 0 Å². The topological polar surface area (TPSA) is 66.5 Å². The van der Waals surface area contributed by atoms with Crippen molar-refractivity contribution in [1.29, 1.82) is 0 Å². The minimum absolute atomic E-state index is 0.0787. The van der Waals surface area contributed by atoms with Crippen molar-refractivity contribution in [2.75, 3.05) is 13.1 Å². The molecule has 0 saturated carbocycles. The molecule has 1 atom stereocenters. The van der Waals surface area contributed by atoms with Crippen LogP contribution in [0.1, 0.15) is 54.5 Å². The molecule has 1 fully saturated rings. The van der Waals surface area contributed by atoms with Crippen molar-refractivity contribution in [2.24, 2.45) is 0 Å². The average molecular weight is 415 g/mol. The summed E-state index contributed by atoms with van der Waals surface area (Å²) in [6.07, 6.45) is 3.13. The number of amides is 1. The van der Waals surface area contributed by atoms with Crippen molar-refractivity contribution >= 4 is 15.9 Å². The van der Waals surface area contributed by atoms with E-state index in [2.05, 4.69) is 23.5 Å². The predicted octanol–water partition coefficient (Wildman–Crippen LogP) is 3.90. The van der Waals surface area contributed by atoms with Crippen LogP contribution in [0, 0.1) is 13.8 Å². The van der Waals surface area contributed by atoms with Crippen LogP contribution in [0.5, 0.6) is 0 Å². The monoisotopic (exact) mass is 414 g/mol. The fourth-order valence-corrected chi connectivity index (χ4v) is 5.33. The number of hydrogen-bond acceptors (Lipinski definition) is 3. The van der Waals surface area contributed by atoms with Crippen molar-refractivity contribution in [2.45, 2.75) is 57.4 Å². The number of aryl methyl sites for hydroxylation is 2. The Hall–Kier alpha value is -2.18. The summed E-state index contributed by atoms with van der Waals surface area (Å²) in [6.45, 7) is 7.23. The Bertz CT molecular complexity index is 962. The second-order valence-electron chi connectivity index (χ2n) is 7.93. The summed E-state index contributed by atoms with van der Waals surface area (Å²) < 4.78 is 27.0. The lowest BCUT2D eigenvalue weighted by Crippen LogP contribution is -2.35. The highest BCUT2D eigenvalue weighted by atomic mass is 32.2. The molecular formula is C23H30N2O3S. The maximum Gasteiger partial charge on any atom is 0.243 e. The van der Waals surface area contributed by atoms with E-state index in [0.29, 0.717) is 18.0 Å². The lowest BCUT2D eigenvalue weighted by Gasteiger charge is -2.25. The highest BCUT2D eigenvalue weighted by Gasteiger charge is 2.25. The number of nitrogens with zero attached hydrogens (tertiary/aromatic N) is 1. The van der Waals surface area contributed by atoms with E-state index in [1.165, 1.54) is 0 Å². The number of sulfonamides is 1. The minimum atomic E-state index is -3.44. The molecule has 1 unspecified atom stereocenters. The van der Waals surface area contributed by atoms with Gasteiger partial charge in [0.25, 0.3) is 0 Å². The molecule has 0 aliphatic carbocycles. The molecule has 5 nitrogen and oxygen atoms in total. The first-order chi connectivity index (χ1) is 13.8. The summed E-state index contributed by atoms with van der Waals surface area (Å²) >= 11 is 0. The van der Waals surface area contributed by atoms with Gasteiger partial charge < -0.3 is 5.32 Å². The Morgan fingerprint density at radius 1 is 1.03 bits per heavy atom. The summed E-state index contributed by atoms with van der Waals surface area (Å²) in [7, 11) is -3.44. The first-order valence-electron chi connectivity index (χ1n) is 10.2. The fraction of sp³-hybridized carbons (Fsp3) is 0.435. The van der Waals surface area contributed by atoms with Crippen LogP contribution in [0.15, 0.2) is 47.4 Å². The molecule has 2 aromatic rings. The average Bonchev–Trinajstić information content (AvgIpc) is 2.70. The van der Waals surface area contributed by atoms with Gasteiger partial charge in [0.2, 0.25) is 15.9 Å². The van der Waals surface area contributed by atoms with Crippen molar-refractivity contribution in [1.82, 2.24) is 9.62 Å². The second-order valence-corrected chi connectivity index (χ2v) is 9.87. The van der Waals surface area contributed by atoms with Crippen molar-refractivity contribution in [3.05, 3.63) is 64.7 Å². The second kappa shape index (κ2) is 9.09. The number of carbonyl (C=O) groups excluding carboxylic acids is 1. The summed E-state index contributed by atoms with van der Waals surface area (Å²) in [6, 6.07) is 12.8. The maximum atomic E-state index is 12.7. The van der Waals surface area contributed by atoms with Gasteiger partial charge in [-0.05, 0) is 62.4 Å². The van der Waals surface area contributed by atoms with Crippen LogP contribution in [0.3, 0.4) is 0 Å². The fourth-order valence-electron chi connectivity index (χ4n) is 3.82. The smallest absolute Gasteiger partial charge is 0.243 e. The van der Waals surface area contributed by atoms with Crippen molar-refractivity contribution < 1.29 is 13.2 Å². The van der Waals surface area contributed by atoms with Crippen LogP contribution in [-0.2, 0) is 21.2 Å². The normalized spacial score (nSPS) is 16.4. The Kier molecular flexibility index (Phi) is 6.75. The van der Waals surface area contributed by atoms with Gasteiger partial charge in [-0.3, -0.25) is 4.79 Å². The first kappa shape index (κ1) is 21.5. The van der Waals surface area contributed by atoms with Crippen LogP contribution in [0.2, 0.25) is 0 Å². The van der Waals surface area contributed by atoms with E-state index in [-0.39, 0.29) is 18.4 Å². The molecule has 0 spiro atoms. The molecule has 1 aliphatic rings. The minimum Gasteiger partial charge on any atom is -0.349 e. The van der Waals surface area contributed by atoms with E-state index in [9.17, 15) is 13.2 Å². The molecule has 0 radical (unpaired) electrons. The zero-order valence-electron chi connectivity index (χ0n) is 17.4. The number of rotatable bonds is 6. The molecule has 1 N–H and O–H groups in total. The number of benzene rings is 2. The van der Waals surface area contributed by atoms with Crippen LogP contribution < -0.4 is 5.32 Å². The molecule has 0 bridgehead atoms. The van der Waals surface area contributed by atoms with E-state index < -0.39 is 10.0 Å². The van der Waals surface area contributed by atoms with Crippen LogP contribution in [-0.4, -0.2) is 31.7 Å². The van der Waals surface area contributed by atoms with Gasteiger partial charge >= 0.3 is 0 Å². The van der Waals surface area contributed by atoms with Crippen LogP contribution in [0.4, 0.5) is 0 Å². The van der Waals surface area contributed by atoms with Gasteiger partial charge in [0, 0.05) is 13.1 Å². The number of piperidine rings is 1. The summed E-state index contributed by atoms with van der Waals surface area (Å²) in [5.74, 6) is -0.0787. The van der Waals surface area contributed by atoms with Crippen LogP contribution >= 0.6 is 0 Å². The third-order valence-electron chi connectivity index (χ3n) is 5.52. The van der Waals surface area contributed by atoms with Gasteiger partial charge in [-0.15, -0.1) is 0 Å². The molecule has 29 heavy (non-hydrogen) atoms. The lowest BCUT2D eigenvalue weighted by atomic mass is 10.00. The third kappa shape index (κ3) is 5.25. The van der Waals surface area contributed by atoms with Crippen molar-refractivity contribution in [3.63, 3.8) is 0 Å². The molecule has 156 valence electrons. The zero-order chi connectivity index (χ0) is 21.0. The molecule has 0 aromatic heterocycles. The quantitative estimate of drug-likeness (QED) is 0.780. The van der Waals surface area contributed by atoms with Gasteiger partial charge in [-0.1, -0.05) is 42.3 Å². The van der Waals surface area contributed by atoms with Gasteiger partial charge in [-0.2, -0.15) is 4.31 Å². The summed E-state index contributed by atoms with van der Waals surface area (Å²) in [5, 5.41) is 3.04. The van der Waals surface area contributed by atoms with E-state index >= 15 is 0 Å². The summed E-state index contributed by atoms with van der Waals surface area (Å²) in [4.78, 5) is 12.8. The van der Waals surface area contributed by atoms with Crippen molar-refractivity contribution in [3.8, 4) is 0 Å². The predicted molar refractivity (Wildman–Crippen MR) is 115 cm³/mol. The molecule has 1 amide bonds. The molecule has 1 saturated heterocycles. The zero-order valence-corrected chi connectivity index (χ0v) is 18.3. The van der Waals surface area contributed by atoms with E-state index in [1.54, 1.807) is 28.6 Å². The highest BCUT2D eigenvalue weighted by molar-refractivity contribution is 7.89. The van der Waals surface area contributed by atoms with E-state index in [4.69, 9.17) is 0 Å². The van der Waals surface area contributed by atoms with Crippen LogP contribution in [0.25, 0.3) is 0 Å². The molecule has 1 aliphatic heterocycles. The third-order valence-corrected chi connectivity index (χ3v) is 7.43. The maximum absolute atomic E-state index is 12.7.